The van der Waals surface area contributed by atoms with Crippen LogP contribution in [0.2, 0.25) is 0 Å². The summed E-state index contributed by atoms with van der Waals surface area (Å²) in [6.07, 6.45) is 3.91. The number of pyridine rings is 2. The van der Waals surface area contributed by atoms with Gasteiger partial charge in [0.1, 0.15) is 11.5 Å². The maximum absolute atomic E-state index is 13.9. The number of piperazine rings is 1. The van der Waals surface area contributed by atoms with Crippen molar-refractivity contribution < 1.29 is 18.4 Å². The summed E-state index contributed by atoms with van der Waals surface area (Å²) in [5, 5.41) is 3.68. The Labute approximate surface area is 183 Å². The monoisotopic (exact) mass is 440 g/mol. The van der Waals surface area contributed by atoms with Gasteiger partial charge >= 0.3 is 0 Å². The number of hydrogen-bond donors (Lipinski definition) is 2. The molecule has 0 aliphatic carbocycles. The van der Waals surface area contributed by atoms with Gasteiger partial charge in [-0.15, -0.1) is 0 Å². The number of anilines is 1. The van der Waals surface area contributed by atoms with E-state index >= 15 is 0 Å². The van der Waals surface area contributed by atoms with Crippen LogP contribution in [-0.4, -0.2) is 70.9 Å². The Balaban J connectivity index is 1.27. The van der Waals surface area contributed by atoms with E-state index in [1.54, 1.807) is 4.90 Å². The molecule has 4 rings (SSSR count). The third kappa shape index (κ3) is 4.50. The molecule has 10 heteroatoms. The zero-order valence-electron chi connectivity index (χ0n) is 17.2. The van der Waals surface area contributed by atoms with Crippen molar-refractivity contribution >= 4 is 28.3 Å². The first-order valence-corrected chi connectivity index (χ1v) is 10.2. The number of halogens is 2. The lowest BCUT2D eigenvalue weighted by molar-refractivity contribution is 0.0632. The van der Waals surface area contributed by atoms with Crippen LogP contribution in [-0.2, 0) is 0 Å². The Kier molecular flexibility index (Phi) is 6.22. The summed E-state index contributed by atoms with van der Waals surface area (Å²) < 4.78 is 27.2. The fourth-order valence-electron chi connectivity index (χ4n) is 3.68. The summed E-state index contributed by atoms with van der Waals surface area (Å²) in [4.78, 5) is 36.7. The van der Waals surface area contributed by atoms with Crippen LogP contribution < -0.4 is 11.1 Å². The molecule has 8 nitrogen and oxygen atoms in total. The van der Waals surface area contributed by atoms with Crippen LogP contribution in [0.3, 0.4) is 0 Å². The minimum absolute atomic E-state index is 0.109. The Morgan fingerprint density at radius 1 is 1.03 bits per heavy atom. The summed E-state index contributed by atoms with van der Waals surface area (Å²) in [5.41, 5.74) is 5.90. The van der Waals surface area contributed by atoms with Gasteiger partial charge in [0.2, 0.25) is 0 Å². The third-order valence-corrected chi connectivity index (χ3v) is 5.49. The summed E-state index contributed by atoms with van der Waals surface area (Å²) in [5.74, 6) is -1.64. The minimum atomic E-state index is -0.654. The molecular formula is C22H22F2N6O2. The van der Waals surface area contributed by atoms with Gasteiger partial charge < -0.3 is 16.0 Å². The zero-order valence-corrected chi connectivity index (χ0v) is 17.2. The largest absolute Gasteiger partial charge is 0.396 e. The van der Waals surface area contributed by atoms with Crippen LogP contribution >= 0.6 is 0 Å². The molecule has 32 heavy (non-hydrogen) atoms. The molecule has 0 saturated carbocycles. The smallest absolute Gasteiger partial charge is 0.272 e. The number of nitrogens with one attached hydrogen (secondary N) is 1. The zero-order chi connectivity index (χ0) is 22.7. The Morgan fingerprint density at radius 3 is 2.56 bits per heavy atom. The van der Waals surface area contributed by atoms with Crippen molar-refractivity contribution in [3.05, 3.63) is 65.7 Å². The highest BCUT2D eigenvalue weighted by Gasteiger charge is 2.23. The van der Waals surface area contributed by atoms with Crippen LogP contribution in [0.4, 0.5) is 14.5 Å². The van der Waals surface area contributed by atoms with E-state index in [-0.39, 0.29) is 23.2 Å². The van der Waals surface area contributed by atoms with Gasteiger partial charge in [-0.1, -0.05) is 0 Å². The third-order valence-electron chi connectivity index (χ3n) is 5.49. The lowest BCUT2D eigenvalue weighted by atomic mass is 10.1. The van der Waals surface area contributed by atoms with Gasteiger partial charge in [-0.25, -0.2) is 13.8 Å². The number of benzene rings is 1. The molecule has 0 atom stereocenters. The summed E-state index contributed by atoms with van der Waals surface area (Å²) in [6.45, 7) is 3.23. The second-order valence-electron chi connectivity index (χ2n) is 7.50. The quantitative estimate of drug-likeness (QED) is 0.626. The standard InChI is InChI=1S/C22H22F2N6O2/c23-17-2-1-15(16-12-26-4-3-14(16)17)21(31)27-5-6-29-7-9-30(10-8-29)22(32)20-11-19(25)18(24)13-28-20/h1-4,11-13H,5-10H2,(H2,25,28)(H,27,31). The molecule has 0 bridgehead atoms. The maximum atomic E-state index is 13.9. The SMILES string of the molecule is Nc1cc(C(=O)N2CCN(CCNC(=O)c3ccc(F)c4ccncc34)CC2)ncc1F. The van der Waals surface area contributed by atoms with Crippen molar-refractivity contribution in [1.82, 2.24) is 25.1 Å². The number of carbonyl (C=O) groups excluding carboxylic acids is 2. The molecule has 0 spiro atoms. The van der Waals surface area contributed by atoms with E-state index in [9.17, 15) is 18.4 Å². The molecular weight excluding hydrogens is 418 g/mol. The van der Waals surface area contributed by atoms with Gasteiger partial charge in [0.15, 0.2) is 5.82 Å². The number of carbonyl (C=O) groups is 2. The van der Waals surface area contributed by atoms with E-state index in [0.717, 1.165) is 6.20 Å². The minimum Gasteiger partial charge on any atom is -0.396 e. The molecule has 3 aromatic rings. The van der Waals surface area contributed by atoms with Crippen molar-refractivity contribution in [2.24, 2.45) is 0 Å². The second-order valence-corrected chi connectivity index (χ2v) is 7.50. The van der Waals surface area contributed by atoms with Crippen LogP contribution in [0.25, 0.3) is 10.8 Å². The van der Waals surface area contributed by atoms with Gasteiger partial charge in [0, 0.05) is 68.0 Å². The second kappa shape index (κ2) is 9.23. The average Bonchev–Trinajstić information content (AvgIpc) is 2.81. The molecule has 3 N–H and O–H groups in total. The highest BCUT2D eigenvalue weighted by atomic mass is 19.1. The van der Waals surface area contributed by atoms with Crippen LogP contribution in [0.1, 0.15) is 20.8 Å². The van der Waals surface area contributed by atoms with Crippen LogP contribution in [0.5, 0.6) is 0 Å². The van der Waals surface area contributed by atoms with Crippen molar-refractivity contribution in [2.75, 3.05) is 45.0 Å². The number of amides is 2. The van der Waals surface area contributed by atoms with Crippen molar-refractivity contribution in [2.45, 2.75) is 0 Å². The van der Waals surface area contributed by atoms with E-state index in [2.05, 4.69) is 20.2 Å². The first-order chi connectivity index (χ1) is 15.4. The number of aromatic nitrogens is 2. The molecule has 1 aliphatic heterocycles. The lowest BCUT2D eigenvalue weighted by Crippen LogP contribution is -2.50. The van der Waals surface area contributed by atoms with Gasteiger partial charge in [-0.3, -0.25) is 19.5 Å². The van der Waals surface area contributed by atoms with Gasteiger partial charge in [0.25, 0.3) is 11.8 Å². The topological polar surface area (TPSA) is 104 Å². The number of hydrogen-bond acceptors (Lipinski definition) is 6. The number of rotatable bonds is 5. The molecule has 1 aromatic carbocycles. The highest BCUT2D eigenvalue weighted by Crippen LogP contribution is 2.20. The number of nitrogens with zero attached hydrogens (tertiary/aromatic N) is 4. The van der Waals surface area contributed by atoms with Crippen molar-refractivity contribution in [3.63, 3.8) is 0 Å². The molecule has 1 fully saturated rings. The number of nitrogens with two attached hydrogens (primary N) is 1. The Bertz CT molecular complexity index is 1160. The van der Waals surface area contributed by atoms with Gasteiger partial charge in [-0.2, -0.15) is 0 Å². The summed E-state index contributed by atoms with van der Waals surface area (Å²) >= 11 is 0. The lowest BCUT2D eigenvalue weighted by Gasteiger charge is -2.34. The predicted octanol–water partition coefficient (Wildman–Crippen LogP) is 1.68. The molecule has 2 aromatic heterocycles. The molecule has 166 valence electrons. The molecule has 2 amide bonds. The Morgan fingerprint density at radius 2 is 1.81 bits per heavy atom. The first kappa shape index (κ1) is 21.6. The normalized spacial score (nSPS) is 14.5. The van der Waals surface area contributed by atoms with Gasteiger partial charge in [0.05, 0.1) is 11.9 Å². The van der Waals surface area contributed by atoms with Crippen LogP contribution in [0.15, 0.2) is 42.9 Å². The first-order valence-electron chi connectivity index (χ1n) is 10.2. The van der Waals surface area contributed by atoms with E-state index in [1.807, 2.05) is 0 Å². The highest BCUT2D eigenvalue weighted by molar-refractivity contribution is 6.06. The van der Waals surface area contributed by atoms with Crippen molar-refractivity contribution in [1.29, 1.82) is 0 Å². The fraction of sp³-hybridized carbons (Fsp3) is 0.273. The van der Waals surface area contributed by atoms with E-state index < -0.39 is 11.6 Å². The van der Waals surface area contributed by atoms with Crippen LogP contribution in [0, 0.1) is 11.6 Å². The molecule has 0 unspecified atom stereocenters. The average molecular weight is 440 g/mol. The molecule has 3 heterocycles. The maximum Gasteiger partial charge on any atom is 0.272 e. The molecule has 0 radical (unpaired) electrons. The Hall–Kier alpha value is -3.66. The molecule has 1 saturated heterocycles. The summed E-state index contributed by atoms with van der Waals surface area (Å²) in [7, 11) is 0. The van der Waals surface area contributed by atoms with E-state index in [4.69, 9.17) is 5.73 Å². The van der Waals surface area contributed by atoms with Crippen molar-refractivity contribution in [3.8, 4) is 0 Å². The molecule has 1 aliphatic rings. The van der Waals surface area contributed by atoms with E-state index in [0.29, 0.717) is 55.6 Å². The van der Waals surface area contributed by atoms with E-state index in [1.165, 1.54) is 36.7 Å². The summed E-state index contributed by atoms with van der Waals surface area (Å²) in [6, 6.07) is 5.51. The predicted molar refractivity (Wildman–Crippen MR) is 115 cm³/mol. The fourth-order valence-corrected chi connectivity index (χ4v) is 3.68. The number of fused-ring (bicyclic) bond motifs is 1. The number of nitrogen functional groups attached to an aromatic ring is 1. The van der Waals surface area contributed by atoms with Gasteiger partial charge in [-0.05, 0) is 24.3 Å².